The molecule has 3 unspecified atom stereocenters. The van der Waals surface area contributed by atoms with Gasteiger partial charge in [0, 0.05) is 78.1 Å². The Morgan fingerprint density at radius 3 is 2.19 bits per heavy atom. The van der Waals surface area contributed by atoms with Crippen LogP contribution in [0, 0.1) is 11.8 Å². The van der Waals surface area contributed by atoms with Crippen LogP contribution in [-0.2, 0) is 106 Å². The van der Waals surface area contributed by atoms with Gasteiger partial charge in [-0.3, -0.25) is 27.8 Å². The molecule has 0 radical (unpaired) electrons. The summed E-state index contributed by atoms with van der Waals surface area (Å²) < 4.78 is 163. The Labute approximate surface area is 612 Å². The number of ketones is 1. The van der Waals surface area contributed by atoms with Crippen molar-refractivity contribution in [2.75, 3.05) is 95.5 Å². The molecule has 3 heterocycles. The van der Waals surface area contributed by atoms with Gasteiger partial charge in [0.25, 0.3) is 10.1 Å². The Morgan fingerprint density at radius 1 is 0.865 bits per heavy atom. The first-order valence-electron chi connectivity index (χ1n) is 31.3. The number of ether oxygens (including phenoxy) is 7. The highest BCUT2D eigenvalue weighted by Crippen LogP contribution is 2.66. The Kier molecular flexibility index (Phi) is 35.1. The lowest BCUT2D eigenvalue weighted by atomic mass is 9.88. The molecular formula is C59H82N6O30P3S6+. The number of carboxylic acid groups (broad SMARTS) is 1. The van der Waals surface area contributed by atoms with Gasteiger partial charge in [0.15, 0.2) is 22.0 Å². The second kappa shape index (κ2) is 41.1. The molecule has 0 saturated carbocycles. The van der Waals surface area contributed by atoms with Crippen molar-refractivity contribution in [2.24, 2.45) is 0 Å². The number of nitrogens with one attached hydrogen (secondary N) is 2. The molecule has 6 rings (SSSR count). The third kappa shape index (κ3) is 28.5. The quantitative estimate of drug-likeness (QED) is 0.00228. The fraction of sp³-hybridized carbons (Fsp3) is 0.508. The number of hydrogen-bond acceptors (Lipinski definition) is 29. The van der Waals surface area contributed by atoms with E-state index in [0.29, 0.717) is 24.7 Å². The van der Waals surface area contributed by atoms with Crippen LogP contribution >= 0.6 is 45.1 Å². The van der Waals surface area contributed by atoms with Gasteiger partial charge in [-0.1, -0.05) is 62.8 Å². The minimum Gasteiger partial charge on any atom is -0.478 e. The van der Waals surface area contributed by atoms with Crippen LogP contribution in [0.5, 0.6) is 0 Å². The highest BCUT2D eigenvalue weighted by atomic mass is 33.1. The van der Waals surface area contributed by atoms with Crippen LogP contribution in [-0.4, -0.2) is 185 Å². The Bertz CT molecular complexity index is 4430. The summed E-state index contributed by atoms with van der Waals surface area (Å²) in [6, 6.07) is 8.79. The van der Waals surface area contributed by atoms with E-state index in [1.54, 1.807) is 28.5 Å². The number of Topliss-reactive ketones (excluding diaryl/α,β-unsaturated/α-hetero) is 1. The molecule has 578 valence electrons. The van der Waals surface area contributed by atoms with Gasteiger partial charge in [0.05, 0.1) is 74.9 Å². The number of phosphoric ester groups is 1. The molecule has 3 aliphatic rings. The van der Waals surface area contributed by atoms with Crippen molar-refractivity contribution < 1.29 is 139 Å². The van der Waals surface area contributed by atoms with Gasteiger partial charge in [-0.2, -0.15) is 30.4 Å². The van der Waals surface area contributed by atoms with Crippen molar-refractivity contribution in [3.63, 3.8) is 0 Å². The van der Waals surface area contributed by atoms with E-state index in [1.165, 1.54) is 49.6 Å². The van der Waals surface area contributed by atoms with Crippen molar-refractivity contribution in [2.45, 2.75) is 119 Å². The van der Waals surface area contributed by atoms with Crippen LogP contribution in [0.4, 0.5) is 16.3 Å². The number of fused-ring (bicyclic) bond motifs is 2. The summed E-state index contributed by atoms with van der Waals surface area (Å²) in [7, 11) is -22.8. The summed E-state index contributed by atoms with van der Waals surface area (Å²) >= 11 is 5.30. The highest BCUT2D eigenvalue weighted by Gasteiger charge is 2.44. The first-order valence-corrected chi connectivity index (χ1v) is 43.5. The molecule has 1 aromatic heterocycles. The zero-order valence-electron chi connectivity index (χ0n) is 56.9. The molecule has 0 bridgehead atoms. The van der Waals surface area contributed by atoms with E-state index < -0.39 is 135 Å². The number of benzene rings is 3. The lowest BCUT2D eigenvalue weighted by Crippen LogP contribution is -2.72. The molecule has 1 aliphatic carbocycles. The van der Waals surface area contributed by atoms with Crippen LogP contribution < -0.4 is 32.8 Å². The standard InChI is InChI=1S/C32H35N3O14S2.C27H46N3O16P3S4/c1-3-48-32(39)35-12-14-47-16-15-46-13-4-5-25(36)18-6-7-19(31(37)38)22(17-18)26-20-8-10-23(33)29(50(40,41)42)27(20)49-28-21(26)9-11-24(34-2)30(28)51(43,44)45;1-5-27(3,4)52-51-18-40-13-9-10-14-41-24(31)12-8-7-11-20-16-30(26(32)29-25(20)28)23-15-21(42-19-53(50)6-2)22(44-23)17-43-48(36,37)46-49(38,39)45-47(33,34)35/h6-11,17H,3-5,12-16,33H2,1-2H3,(H,35,39)(H,37,38)(H,40,41,42)(H,43,44,45);16,21-23H,5-6,8-10,12-15,17-19H2,1-4H3,(H,36,37)(H,38,39)(H2,28,29,32)(H2,33,34,35)/p+1/t;21-,22+,23+,53?/m.0/s1. The number of hydrogen-bond donors (Lipinski definition) is 11. The van der Waals surface area contributed by atoms with Gasteiger partial charge in [0.2, 0.25) is 10.3 Å². The van der Waals surface area contributed by atoms with Gasteiger partial charge in [-0.05, 0) is 99.3 Å². The normalized spacial score (nSPS) is 16.5. The van der Waals surface area contributed by atoms with Crippen molar-refractivity contribution >= 4 is 132 Å². The fourth-order valence-electron chi connectivity index (χ4n) is 9.23. The van der Waals surface area contributed by atoms with Gasteiger partial charge in [-0.25, -0.2) is 33.1 Å². The number of unbranched alkanes of at least 4 members (excludes halogenated alkanes) is 1. The average molecular weight is 1640 g/mol. The Hall–Kier alpha value is -5.65. The number of aromatic carboxylic acids is 1. The number of rotatable bonds is 40. The van der Waals surface area contributed by atoms with Crippen molar-refractivity contribution in [3.8, 4) is 34.3 Å². The number of anilines is 2. The minimum atomic E-state index is -5.75. The SMILES string of the molecule is CCOC(=O)NCCOCCOCCCC(=O)c1ccc(C(=O)O)c(-c2c3ccc(=[NH+]C)c(S(=O)(=O)O)c-3oc3c(S(=O)(=O)O)c(N)ccc23)c1.CCS(=S)CO[C@H]1C[C@H](n2cc(C#CCCC(=O)OCCCCOCSSC(C)(C)CC)c(N)nc2=O)O[C@@H]1COP(=O)(O)OP(=O)(O)OP(=O)(O)O. The number of carboxylic acids is 1. The molecule has 1 saturated heterocycles. The maximum atomic E-state index is 13.3. The topological polar surface area (TPSA) is 548 Å². The maximum Gasteiger partial charge on any atom is 0.490 e. The van der Waals surface area contributed by atoms with E-state index >= 15 is 0 Å². The Balaban J connectivity index is 0.000000374. The minimum absolute atomic E-state index is 0.0103. The van der Waals surface area contributed by atoms with E-state index in [-0.39, 0.29) is 139 Å². The molecule has 0 spiro atoms. The number of nitrogens with zero attached hydrogens (tertiary/aromatic N) is 2. The van der Waals surface area contributed by atoms with E-state index in [9.17, 15) is 78.5 Å². The molecule has 45 heteroatoms. The van der Waals surface area contributed by atoms with Crippen LogP contribution in [0.1, 0.15) is 118 Å². The first kappa shape index (κ1) is 89.0. The number of carbonyl (C=O) groups excluding carboxylic acids is 3. The second-order valence-corrected chi connectivity index (χ2v) is 35.6. The summed E-state index contributed by atoms with van der Waals surface area (Å²) in [5, 5.41) is 12.4. The zero-order valence-corrected chi connectivity index (χ0v) is 64.4. The number of alkyl carbamates (subject to hydrolysis) is 1. The number of amides is 1. The third-order valence-electron chi connectivity index (χ3n) is 14.4. The molecule has 6 atom stereocenters. The number of nitrogens with two attached hydrogens (primary N) is 2. The summed E-state index contributed by atoms with van der Waals surface area (Å²) in [4.78, 5) is 103. The highest BCUT2D eigenvalue weighted by molar-refractivity contribution is 8.77. The number of aromatic nitrogens is 2. The van der Waals surface area contributed by atoms with Crippen LogP contribution in [0.15, 0.2) is 67.7 Å². The number of nitrogen functional groups attached to an aromatic ring is 2. The molecule has 104 heavy (non-hydrogen) atoms. The number of phosphoric acid groups is 3. The average Bonchev–Trinajstić information content (AvgIpc) is 0.819. The predicted molar refractivity (Wildman–Crippen MR) is 382 cm³/mol. The molecule has 3 aromatic rings. The molecule has 1 amide bonds. The largest absolute Gasteiger partial charge is 0.490 e. The van der Waals surface area contributed by atoms with E-state index in [2.05, 4.69) is 56.5 Å². The van der Waals surface area contributed by atoms with Crippen molar-refractivity contribution in [1.29, 1.82) is 0 Å². The van der Waals surface area contributed by atoms with Gasteiger partial charge in [-0.15, -0.1) is 0 Å². The van der Waals surface area contributed by atoms with Gasteiger partial charge < -0.3 is 79.0 Å². The summed E-state index contributed by atoms with van der Waals surface area (Å²) in [5.74, 6) is 3.81. The van der Waals surface area contributed by atoms with Crippen molar-refractivity contribution in [1.82, 2.24) is 14.9 Å². The van der Waals surface area contributed by atoms with E-state index in [4.69, 9.17) is 74.5 Å². The van der Waals surface area contributed by atoms with E-state index in [0.717, 1.165) is 23.5 Å². The van der Waals surface area contributed by atoms with Gasteiger partial charge >= 0.3 is 57.3 Å². The van der Waals surface area contributed by atoms with Gasteiger partial charge in [0.1, 0.15) is 31.1 Å². The monoisotopic (exact) mass is 1640 g/mol. The van der Waals surface area contributed by atoms with Crippen molar-refractivity contribution in [3.05, 3.63) is 81.2 Å². The molecule has 2 aromatic carbocycles. The smallest absolute Gasteiger partial charge is 0.478 e. The van der Waals surface area contributed by atoms with Crippen LogP contribution in [0.3, 0.4) is 0 Å². The first-order chi connectivity index (χ1) is 48.7. The molecule has 36 nitrogen and oxygen atoms in total. The molecule has 13 N–H and O–H groups in total. The maximum absolute atomic E-state index is 13.3. The summed E-state index contributed by atoms with van der Waals surface area (Å²) in [6.07, 6.45) is 0.443. The second-order valence-electron chi connectivity index (χ2n) is 22.4. The summed E-state index contributed by atoms with van der Waals surface area (Å²) in [6.45, 7) is 11.5. The van der Waals surface area contributed by atoms with Crippen LogP contribution in [0.25, 0.3) is 33.4 Å². The van der Waals surface area contributed by atoms with E-state index in [1.807, 2.05) is 6.92 Å². The number of carbonyl (C=O) groups is 4. The summed E-state index contributed by atoms with van der Waals surface area (Å²) in [5.41, 5.74) is 9.45. The zero-order chi connectivity index (χ0) is 77.4. The molecule has 2 aliphatic heterocycles. The lowest BCUT2D eigenvalue weighted by molar-refractivity contribution is -0.467. The predicted octanol–water partition coefficient (Wildman–Crippen LogP) is 5.23. The third-order valence-corrected chi connectivity index (χ3v) is 25.2. The molecular weight excluding hydrogens is 1560 g/mol. The lowest BCUT2D eigenvalue weighted by Gasteiger charge is -2.21. The fourth-order valence-corrected chi connectivity index (χ4v) is 16.8. The van der Waals surface area contributed by atoms with Crippen LogP contribution in [0.2, 0.25) is 0 Å². The Morgan fingerprint density at radius 2 is 1.55 bits per heavy atom. The molecule has 1 fully saturated rings. The number of esters is 1.